The fraction of sp³-hybridized carbons (Fsp3) is 0.250. The van der Waals surface area contributed by atoms with E-state index in [1.807, 2.05) is 18.2 Å². The van der Waals surface area contributed by atoms with Crippen LogP contribution in [0, 0.1) is 5.92 Å². The highest BCUT2D eigenvalue weighted by atomic mass is 16.2. The number of nitrogens with one attached hydrogen (secondary N) is 2. The zero-order valence-electron chi connectivity index (χ0n) is 8.49. The largest absolute Gasteiger partial charge is 0.303 e. The Bertz CT molecular complexity index is 368. The first-order chi connectivity index (χ1) is 7.27. The molecule has 0 unspecified atom stereocenters. The zero-order valence-corrected chi connectivity index (χ0v) is 8.49. The van der Waals surface area contributed by atoms with Crippen molar-refractivity contribution in [2.24, 2.45) is 5.92 Å². The molecule has 0 heterocycles. The minimum Gasteiger partial charge on any atom is -0.303 e. The molecule has 2 rings (SSSR count). The average molecular weight is 202 g/mol. The van der Waals surface area contributed by atoms with E-state index >= 15 is 0 Å². The molecule has 15 heavy (non-hydrogen) atoms. The fourth-order valence-corrected chi connectivity index (χ4v) is 1.33. The molecular formula is C12H14N2O. The third-order valence-corrected chi connectivity index (χ3v) is 2.44. The molecule has 0 bridgehead atoms. The lowest BCUT2D eigenvalue weighted by Gasteiger charge is -2.09. The molecule has 78 valence electrons. The van der Waals surface area contributed by atoms with Crippen molar-refractivity contribution >= 4 is 5.91 Å². The second kappa shape index (κ2) is 4.17. The zero-order chi connectivity index (χ0) is 10.7. The Labute approximate surface area is 89.2 Å². The summed E-state index contributed by atoms with van der Waals surface area (Å²) in [6, 6.07) is 9.11. The molecule has 3 heteroatoms. The summed E-state index contributed by atoms with van der Waals surface area (Å²) in [5.74, 6) is 0.415. The molecular weight excluding hydrogens is 188 g/mol. The fourth-order valence-electron chi connectivity index (χ4n) is 1.33. The lowest BCUT2D eigenvalue weighted by atomic mass is 10.2. The second-order valence-electron chi connectivity index (χ2n) is 3.74. The van der Waals surface area contributed by atoms with Crippen molar-refractivity contribution in [2.45, 2.75) is 12.8 Å². The molecule has 1 aliphatic rings. The highest BCUT2D eigenvalue weighted by Gasteiger charge is 2.24. The van der Waals surface area contributed by atoms with Gasteiger partial charge in [0.25, 0.3) is 5.91 Å². The van der Waals surface area contributed by atoms with Crippen LogP contribution in [0.1, 0.15) is 23.2 Å². The van der Waals surface area contributed by atoms with Crippen LogP contribution in [0.4, 0.5) is 0 Å². The molecule has 0 saturated heterocycles. The number of carbonyl (C=O) groups excluding carboxylic acids is 1. The van der Waals surface area contributed by atoms with Gasteiger partial charge < -0.3 is 5.43 Å². The van der Waals surface area contributed by atoms with E-state index < -0.39 is 0 Å². The van der Waals surface area contributed by atoms with Gasteiger partial charge in [-0.05, 0) is 30.9 Å². The van der Waals surface area contributed by atoms with Gasteiger partial charge in [0.05, 0.1) is 0 Å². The van der Waals surface area contributed by atoms with Gasteiger partial charge in [0.2, 0.25) is 0 Å². The van der Waals surface area contributed by atoms with Crippen LogP contribution < -0.4 is 10.9 Å². The Hall–Kier alpha value is -1.77. The van der Waals surface area contributed by atoms with E-state index in [0.29, 0.717) is 11.5 Å². The number of rotatable bonds is 4. The quantitative estimate of drug-likeness (QED) is 0.731. The number of benzene rings is 1. The Morgan fingerprint density at radius 3 is 2.47 bits per heavy atom. The van der Waals surface area contributed by atoms with Crippen LogP contribution in [0.5, 0.6) is 0 Å². The summed E-state index contributed by atoms with van der Waals surface area (Å²) in [5, 5.41) is 0. The van der Waals surface area contributed by atoms with Crippen LogP contribution in [-0.2, 0) is 0 Å². The summed E-state index contributed by atoms with van der Waals surface area (Å²) in [4.78, 5) is 11.6. The third kappa shape index (κ3) is 2.59. The average Bonchev–Trinajstić information content (AvgIpc) is 3.10. The predicted octanol–water partition coefficient (Wildman–Crippen LogP) is 1.84. The maximum absolute atomic E-state index is 11.6. The maximum Gasteiger partial charge on any atom is 0.269 e. The first kappa shape index (κ1) is 9.77. The maximum atomic E-state index is 11.6. The number of allylic oxidation sites excluding steroid dienone is 1. The number of hydrazine groups is 1. The lowest BCUT2D eigenvalue weighted by Crippen LogP contribution is -2.36. The van der Waals surface area contributed by atoms with Crippen LogP contribution in [0.3, 0.4) is 0 Å². The van der Waals surface area contributed by atoms with E-state index in [-0.39, 0.29) is 5.91 Å². The minimum absolute atomic E-state index is 0.127. The summed E-state index contributed by atoms with van der Waals surface area (Å²) in [6.45, 7) is 3.86. The van der Waals surface area contributed by atoms with E-state index in [2.05, 4.69) is 17.4 Å². The molecule has 1 saturated carbocycles. The SMILES string of the molecule is C=C(NNC(=O)c1ccccc1)C1CC1. The van der Waals surface area contributed by atoms with Crippen LogP contribution in [0.2, 0.25) is 0 Å². The molecule has 0 radical (unpaired) electrons. The molecule has 1 amide bonds. The monoisotopic (exact) mass is 202 g/mol. The van der Waals surface area contributed by atoms with Crippen molar-refractivity contribution in [3.63, 3.8) is 0 Å². The molecule has 0 aromatic heterocycles. The van der Waals surface area contributed by atoms with Gasteiger partial charge in [-0.1, -0.05) is 24.8 Å². The van der Waals surface area contributed by atoms with Crippen molar-refractivity contribution in [1.29, 1.82) is 0 Å². The van der Waals surface area contributed by atoms with Crippen LogP contribution in [0.25, 0.3) is 0 Å². The third-order valence-electron chi connectivity index (χ3n) is 2.44. The number of hydrogen-bond donors (Lipinski definition) is 2. The number of hydrogen-bond acceptors (Lipinski definition) is 2. The van der Waals surface area contributed by atoms with Gasteiger partial charge in [-0.2, -0.15) is 0 Å². The molecule has 1 aliphatic carbocycles. The highest BCUT2D eigenvalue weighted by molar-refractivity contribution is 5.93. The topological polar surface area (TPSA) is 41.1 Å². The molecule has 0 spiro atoms. The van der Waals surface area contributed by atoms with Crippen LogP contribution in [-0.4, -0.2) is 5.91 Å². The smallest absolute Gasteiger partial charge is 0.269 e. The summed E-state index contributed by atoms with van der Waals surface area (Å²) in [6.07, 6.45) is 2.35. The first-order valence-electron chi connectivity index (χ1n) is 5.07. The van der Waals surface area contributed by atoms with Crippen molar-refractivity contribution in [1.82, 2.24) is 10.9 Å². The van der Waals surface area contributed by atoms with Crippen molar-refractivity contribution < 1.29 is 4.79 Å². The molecule has 0 aliphatic heterocycles. The van der Waals surface area contributed by atoms with Crippen molar-refractivity contribution in [3.8, 4) is 0 Å². The summed E-state index contributed by atoms with van der Waals surface area (Å²) in [7, 11) is 0. The normalized spacial score (nSPS) is 14.4. The van der Waals surface area contributed by atoms with Gasteiger partial charge >= 0.3 is 0 Å². The molecule has 1 aromatic rings. The van der Waals surface area contributed by atoms with Gasteiger partial charge in [-0.25, -0.2) is 0 Å². The Morgan fingerprint density at radius 2 is 1.87 bits per heavy atom. The predicted molar refractivity (Wildman–Crippen MR) is 58.9 cm³/mol. The van der Waals surface area contributed by atoms with E-state index in [9.17, 15) is 4.79 Å². The summed E-state index contributed by atoms with van der Waals surface area (Å²) < 4.78 is 0. The molecule has 1 fully saturated rings. The van der Waals surface area contributed by atoms with Gasteiger partial charge in [0, 0.05) is 11.3 Å². The Morgan fingerprint density at radius 1 is 1.20 bits per heavy atom. The van der Waals surface area contributed by atoms with E-state index in [0.717, 1.165) is 5.70 Å². The Kier molecular flexibility index (Phi) is 2.72. The summed E-state index contributed by atoms with van der Waals surface area (Å²) in [5.41, 5.74) is 7.03. The van der Waals surface area contributed by atoms with E-state index in [1.54, 1.807) is 12.1 Å². The number of amides is 1. The van der Waals surface area contributed by atoms with Crippen LogP contribution >= 0.6 is 0 Å². The lowest BCUT2D eigenvalue weighted by molar-refractivity contribution is 0.0938. The standard InChI is InChI=1S/C12H14N2O/c1-9(10-7-8-10)13-14-12(15)11-5-3-2-4-6-11/h2-6,10,13H,1,7-8H2,(H,14,15). The Balaban J connectivity index is 1.84. The van der Waals surface area contributed by atoms with Gasteiger partial charge in [0.15, 0.2) is 0 Å². The van der Waals surface area contributed by atoms with Crippen molar-refractivity contribution in [3.05, 3.63) is 48.2 Å². The van der Waals surface area contributed by atoms with E-state index in [4.69, 9.17) is 0 Å². The molecule has 1 aromatic carbocycles. The first-order valence-corrected chi connectivity index (χ1v) is 5.07. The second-order valence-corrected chi connectivity index (χ2v) is 3.74. The van der Waals surface area contributed by atoms with Gasteiger partial charge in [-0.15, -0.1) is 0 Å². The van der Waals surface area contributed by atoms with Crippen molar-refractivity contribution in [2.75, 3.05) is 0 Å². The van der Waals surface area contributed by atoms with Gasteiger partial charge in [-0.3, -0.25) is 10.2 Å². The molecule has 3 nitrogen and oxygen atoms in total. The van der Waals surface area contributed by atoms with E-state index in [1.165, 1.54) is 12.8 Å². The minimum atomic E-state index is -0.127. The molecule has 0 atom stereocenters. The molecule has 2 N–H and O–H groups in total. The van der Waals surface area contributed by atoms with Gasteiger partial charge in [0.1, 0.15) is 0 Å². The summed E-state index contributed by atoms with van der Waals surface area (Å²) >= 11 is 0. The highest BCUT2D eigenvalue weighted by Crippen LogP contribution is 2.33. The number of carbonyl (C=O) groups is 1. The van der Waals surface area contributed by atoms with Crippen LogP contribution in [0.15, 0.2) is 42.6 Å².